The van der Waals surface area contributed by atoms with E-state index in [1.54, 1.807) is 0 Å². The van der Waals surface area contributed by atoms with Gasteiger partial charge in [-0.05, 0) is 40.1 Å². The summed E-state index contributed by atoms with van der Waals surface area (Å²) in [4.78, 5) is 0. The monoisotopic (exact) mass is 267 g/mol. The van der Waals surface area contributed by atoms with Crippen molar-refractivity contribution in [2.75, 3.05) is 0 Å². The highest BCUT2D eigenvalue weighted by atomic mass is 35.5. The SMILES string of the molecule is NC(c1ccc(Cl)cc1)c1ccc2ccccc2c1. The molecule has 3 rings (SSSR count). The zero-order chi connectivity index (χ0) is 13.2. The molecule has 1 atom stereocenters. The van der Waals surface area contributed by atoms with Gasteiger partial charge in [-0.25, -0.2) is 0 Å². The summed E-state index contributed by atoms with van der Waals surface area (Å²) in [6, 6.07) is 22.2. The molecule has 0 fully saturated rings. The molecule has 0 aliphatic heterocycles. The van der Waals surface area contributed by atoms with E-state index in [0.29, 0.717) is 0 Å². The van der Waals surface area contributed by atoms with E-state index in [1.165, 1.54) is 10.8 Å². The molecule has 0 aliphatic carbocycles. The molecule has 0 radical (unpaired) electrons. The number of nitrogens with two attached hydrogens (primary N) is 1. The molecule has 3 aromatic rings. The molecular formula is C17H14ClN. The van der Waals surface area contributed by atoms with E-state index in [-0.39, 0.29) is 6.04 Å². The minimum Gasteiger partial charge on any atom is -0.320 e. The lowest BCUT2D eigenvalue weighted by molar-refractivity contribution is 0.873. The van der Waals surface area contributed by atoms with Gasteiger partial charge in [-0.15, -0.1) is 0 Å². The Hall–Kier alpha value is -1.83. The van der Waals surface area contributed by atoms with E-state index in [1.807, 2.05) is 36.4 Å². The van der Waals surface area contributed by atoms with Gasteiger partial charge < -0.3 is 5.73 Å². The first kappa shape index (κ1) is 12.2. The Morgan fingerprint density at radius 2 is 1.37 bits per heavy atom. The summed E-state index contributed by atoms with van der Waals surface area (Å²) in [5.41, 5.74) is 8.50. The number of benzene rings is 3. The number of fused-ring (bicyclic) bond motifs is 1. The molecule has 3 aromatic carbocycles. The average Bonchev–Trinajstić information content (AvgIpc) is 2.47. The van der Waals surface area contributed by atoms with Crippen LogP contribution in [0.1, 0.15) is 17.2 Å². The van der Waals surface area contributed by atoms with Crippen LogP contribution in [0.5, 0.6) is 0 Å². The van der Waals surface area contributed by atoms with Crippen molar-refractivity contribution < 1.29 is 0 Å². The summed E-state index contributed by atoms with van der Waals surface area (Å²) in [6.45, 7) is 0. The quantitative estimate of drug-likeness (QED) is 0.725. The van der Waals surface area contributed by atoms with Crippen molar-refractivity contribution >= 4 is 22.4 Å². The Morgan fingerprint density at radius 1 is 0.737 bits per heavy atom. The van der Waals surface area contributed by atoms with E-state index in [9.17, 15) is 0 Å². The summed E-state index contributed by atoms with van der Waals surface area (Å²) in [5.74, 6) is 0. The van der Waals surface area contributed by atoms with Gasteiger partial charge in [-0.3, -0.25) is 0 Å². The van der Waals surface area contributed by atoms with Crippen molar-refractivity contribution in [3.8, 4) is 0 Å². The van der Waals surface area contributed by atoms with Gasteiger partial charge in [0.1, 0.15) is 0 Å². The van der Waals surface area contributed by atoms with Gasteiger partial charge in [0, 0.05) is 5.02 Å². The summed E-state index contributed by atoms with van der Waals surface area (Å²) < 4.78 is 0. The largest absolute Gasteiger partial charge is 0.320 e. The molecule has 2 N–H and O–H groups in total. The third-order valence-corrected chi connectivity index (χ3v) is 3.61. The molecule has 1 nitrogen and oxygen atoms in total. The highest BCUT2D eigenvalue weighted by Gasteiger charge is 2.09. The summed E-state index contributed by atoms with van der Waals surface area (Å²) >= 11 is 5.90. The lowest BCUT2D eigenvalue weighted by Gasteiger charge is -2.13. The van der Waals surface area contributed by atoms with E-state index in [4.69, 9.17) is 17.3 Å². The fourth-order valence-electron chi connectivity index (χ4n) is 2.26. The highest BCUT2D eigenvalue weighted by Crippen LogP contribution is 2.24. The molecule has 0 saturated carbocycles. The van der Waals surface area contributed by atoms with E-state index in [0.717, 1.165) is 16.1 Å². The maximum Gasteiger partial charge on any atom is 0.0551 e. The van der Waals surface area contributed by atoms with Gasteiger partial charge in [0.2, 0.25) is 0 Å². The minimum absolute atomic E-state index is 0.123. The molecule has 0 saturated heterocycles. The summed E-state index contributed by atoms with van der Waals surface area (Å²) in [7, 11) is 0. The topological polar surface area (TPSA) is 26.0 Å². The molecule has 94 valence electrons. The third-order valence-electron chi connectivity index (χ3n) is 3.36. The molecule has 0 spiro atoms. The Kier molecular flexibility index (Phi) is 3.24. The molecule has 0 aromatic heterocycles. The maximum atomic E-state index is 6.31. The third kappa shape index (κ3) is 2.48. The van der Waals surface area contributed by atoms with Crippen molar-refractivity contribution in [2.45, 2.75) is 6.04 Å². The number of hydrogen-bond donors (Lipinski definition) is 1. The van der Waals surface area contributed by atoms with Gasteiger partial charge in [-0.2, -0.15) is 0 Å². The van der Waals surface area contributed by atoms with Crippen LogP contribution in [0.4, 0.5) is 0 Å². The zero-order valence-electron chi connectivity index (χ0n) is 10.4. The van der Waals surface area contributed by atoms with Crippen LogP contribution in [-0.4, -0.2) is 0 Å². The molecule has 2 heteroatoms. The fourth-order valence-corrected chi connectivity index (χ4v) is 2.39. The van der Waals surface area contributed by atoms with Crippen LogP contribution in [0.25, 0.3) is 10.8 Å². The van der Waals surface area contributed by atoms with Crippen molar-refractivity contribution in [1.82, 2.24) is 0 Å². The molecule has 19 heavy (non-hydrogen) atoms. The van der Waals surface area contributed by atoms with Crippen LogP contribution in [0.15, 0.2) is 66.7 Å². The van der Waals surface area contributed by atoms with E-state index >= 15 is 0 Å². The van der Waals surface area contributed by atoms with Gasteiger partial charge in [0.05, 0.1) is 6.04 Å². The number of halogens is 1. The number of hydrogen-bond acceptors (Lipinski definition) is 1. The highest BCUT2D eigenvalue weighted by molar-refractivity contribution is 6.30. The van der Waals surface area contributed by atoms with Crippen LogP contribution in [0, 0.1) is 0 Å². The molecule has 0 bridgehead atoms. The van der Waals surface area contributed by atoms with Crippen LogP contribution in [0.3, 0.4) is 0 Å². The Balaban J connectivity index is 2.01. The smallest absolute Gasteiger partial charge is 0.0551 e. The molecule has 1 unspecified atom stereocenters. The normalized spacial score (nSPS) is 12.5. The minimum atomic E-state index is -0.123. The molecular weight excluding hydrogens is 254 g/mol. The van der Waals surface area contributed by atoms with Crippen molar-refractivity contribution in [3.63, 3.8) is 0 Å². The van der Waals surface area contributed by atoms with E-state index < -0.39 is 0 Å². The second-order valence-corrected chi connectivity index (χ2v) is 5.07. The van der Waals surface area contributed by atoms with Crippen LogP contribution in [-0.2, 0) is 0 Å². The second-order valence-electron chi connectivity index (χ2n) is 4.64. The van der Waals surface area contributed by atoms with Gasteiger partial charge >= 0.3 is 0 Å². The Morgan fingerprint density at radius 3 is 2.11 bits per heavy atom. The predicted molar refractivity (Wildman–Crippen MR) is 81.4 cm³/mol. The van der Waals surface area contributed by atoms with Crippen LogP contribution >= 0.6 is 11.6 Å². The maximum absolute atomic E-state index is 6.31. The second kappa shape index (κ2) is 5.04. The number of rotatable bonds is 2. The van der Waals surface area contributed by atoms with Gasteiger partial charge in [0.25, 0.3) is 0 Å². The van der Waals surface area contributed by atoms with E-state index in [2.05, 4.69) is 30.3 Å². The van der Waals surface area contributed by atoms with Crippen molar-refractivity contribution in [3.05, 3.63) is 82.9 Å². The lowest BCUT2D eigenvalue weighted by atomic mass is 9.97. The molecule has 0 heterocycles. The van der Waals surface area contributed by atoms with Crippen LogP contribution < -0.4 is 5.73 Å². The molecule has 0 amide bonds. The Labute approximate surface area is 117 Å². The average molecular weight is 268 g/mol. The molecule has 0 aliphatic rings. The summed E-state index contributed by atoms with van der Waals surface area (Å²) in [6.07, 6.45) is 0. The first-order valence-corrected chi connectivity index (χ1v) is 6.61. The lowest BCUT2D eigenvalue weighted by Crippen LogP contribution is -2.11. The van der Waals surface area contributed by atoms with Crippen molar-refractivity contribution in [2.24, 2.45) is 5.73 Å². The first-order valence-electron chi connectivity index (χ1n) is 6.24. The first-order chi connectivity index (χ1) is 9.24. The Bertz CT molecular complexity index is 704. The summed E-state index contributed by atoms with van der Waals surface area (Å²) in [5, 5.41) is 3.17. The zero-order valence-corrected chi connectivity index (χ0v) is 11.1. The van der Waals surface area contributed by atoms with Crippen LogP contribution in [0.2, 0.25) is 5.02 Å². The van der Waals surface area contributed by atoms with Gasteiger partial charge in [-0.1, -0.05) is 60.1 Å². The predicted octanol–water partition coefficient (Wildman–Crippen LogP) is 4.54. The fraction of sp³-hybridized carbons (Fsp3) is 0.0588. The standard InChI is InChI=1S/C17H14ClN/c18-16-9-7-13(8-10-16)17(19)15-6-5-12-3-1-2-4-14(12)11-15/h1-11,17H,19H2. The van der Waals surface area contributed by atoms with Crippen molar-refractivity contribution in [1.29, 1.82) is 0 Å². The van der Waals surface area contributed by atoms with Gasteiger partial charge in [0.15, 0.2) is 0 Å².